The number of nitrogens with zero attached hydrogens (tertiary/aromatic N) is 5. The maximum atomic E-state index is 13.1. The highest BCUT2D eigenvalue weighted by Gasteiger charge is 2.22. The molecular formula is C20H27N5O. The van der Waals surface area contributed by atoms with Crippen LogP contribution in [0.25, 0.3) is 0 Å². The number of piperazine rings is 1. The van der Waals surface area contributed by atoms with E-state index in [4.69, 9.17) is 0 Å². The van der Waals surface area contributed by atoms with Gasteiger partial charge >= 0.3 is 0 Å². The molecular weight excluding hydrogens is 326 g/mol. The summed E-state index contributed by atoms with van der Waals surface area (Å²) in [5, 5.41) is 0. The van der Waals surface area contributed by atoms with Crippen molar-refractivity contribution in [2.45, 2.75) is 26.4 Å². The van der Waals surface area contributed by atoms with Crippen LogP contribution in [0.4, 0.5) is 5.95 Å². The van der Waals surface area contributed by atoms with Gasteiger partial charge in [-0.3, -0.25) is 4.79 Å². The number of likely N-dealkylation sites (N-methyl/N-ethyl adjacent to an activating group) is 1. The van der Waals surface area contributed by atoms with E-state index in [-0.39, 0.29) is 11.9 Å². The van der Waals surface area contributed by atoms with Crippen LogP contribution in [0.1, 0.15) is 29.9 Å². The third kappa shape index (κ3) is 4.38. The van der Waals surface area contributed by atoms with Crippen LogP contribution in [0, 0.1) is 0 Å². The molecule has 0 radical (unpaired) electrons. The molecule has 0 N–H and O–H groups in total. The van der Waals surface area contributed by atoms with Crippen LogP contribution in [-0.2, 0) is 6.54 Å². The van der Waals surface area contributed by atoms with E-state index in [1.165, 1.54) is 0 Å². The topological polar surface area (TPSA) is 52.6 Å². The first-order valence-electron chi connectivity index (χ1n) is 9.16. The van der Waals surface area contributed by atoms with Gasteiger partial charge < -0.3 is 14.7 Å². The zero-order valence-corrected chi connectivity index (χ0v) is 15.8. The zero-order chi connectivity index (χ0) is 18.5. The highest BCUT2D eigenvalue weighted by atomic mass is 16.2. The molecule has 3 rings (SSSR count). The Kier molecular flexibility index (Phi) is 5.83. The molecule has 1 aromatic carbocycles. The number of carbonyl (C=O) groups is 1. The van der Waals surface area contributed by atoms with Crippen LogP contribution < -0.4 is 4.90 Å². The molecule has 2 aromatic rings. The van der Waals surface area contributed by atoms with Crippen molar-refractivity contribution < 1.29 is 4.79 Å². The largest absolute Gasteiger partial charge is 0.338 e. The number of hydrogen-bond donors (Lipinski definition) is 0. The van der Waals surface area contributed by atoms with Gasteiger partial charge in [-0.1, -0.05) is 30.3 Å². The molecule has 1 aliphatic rings. The molecule has 1 aromatic heterocycles. The fraction of sp³-hybridized carbons (Fsp3) is 0.450. The molecule has 26 heavy (non-hydrogen) atoms. The Morgan fingerprint density at radius 1 is 1.12 bits per heavy atom. The third-order valence-electron chi connectivity index (χ3n) is 4.73. The fourth-order valence-corrected chi connectivity index (χ4v) is 3.04. The first-order valence-corrected chi connectivity index (χ1v) is 9.16. The Morgan fingerprint density at radius 3 is 2.46 bits per heavy atom. The van der Waals surface area contributed by atoms with Crippen LogP contribution >= 0.6 is 0 Å². The SMILES string of the molecule is CC(C)N(Cc1ccccc1)C(=O)c1ccnc(N2CCN(C)CC2)n1. The van der Waals surface area contributed by atoms with Crippen molar-refractivity contribution in [3.63, 3.8) is 0 Å². The van der Waals surface area contributed by atoms with E-state index in [0.717, 1.165) is 31.7 Å². The smallest absolute Gasteiger partial charge is 0.273 e. The Morgan fingerprint density at radius 2 is 1.81 bits per heavy atom. The maximum Gasteiger partial charge on any atom is 0.273 e. The number of carbonyl (C=O) groups excluding carboxylic acids is 1. The zero-order valence-electron chi connectivity index (χ0n) is 15.8. The predicted molar refractivity (Wildman–Crippen MR) is 103 cm³/mol. The van der Waals surface area contributed by atoms with Gasteiger partial charge in [-0.15, -0.1) is 0 Å². The Bertz CT molecular complexity index is 726. The molecule has 0 saturated carbocycles. The van der Waals surface area contributed by atoms with E-state index in [0.29, 0.717) is 18.2 Å². The van der Waals surface area contributed by atoms with Gasteiger partial charge in [0.2, 0.25) is 5.95 Å². The van der Waals surface area contributed by atoms with Crippen molar-refractivity contribution in [1.82, 2.24) is 19.8 Å². The number of aromatic nitrogens is 2. The molecule has 0 unspecified atom stereocenters. The molecule has 0 spiro atoms. The average molecular weight is 353 g/mol. The molecule has 0 aliphatic carbocycles. The van der Waals surface area contributed by atoms with Crippen molar-refractivity contribution in [1.29, 1.82) is 0 Å². The Balaban J connectivity index is 1.78. The number of hydrogen-bond acceptors (Lipinski definition) is 5. The molecule has 1 aliphatic heterocycles. The van der Waals surface area contributed by atoms with Crippen LogP contribution in [0.2, 0.25) is 0 Å². The minimum atomic E-state index is -0.0540. The standard InChI is InChI=1S/C20H27N5O/c1-16(2)25(15-17-7-5-4-6-8-17)19(26)18-9-10-21-20(22-18)24-13-11-23(3)12-14-24/h4-10,16H,11-15H2,1-3H3. The number of anilines is 1. The lowest BCUT2D eigenvalue weighted by Gasteiger charge is -2.32. The van der Waals surface area contributed by atoms with Crippen molar-refractivity contribution in [3.8, 4) is 0 Å². The van der Waals surface area contributed by atoms with Crippen molar-refractivity contribution >= 4 is 11.9 Å². The first kappa shape index (κ1) is 18.3. The van der Waals surface area contributed by atoms with Crippen LogP contribution in [0.5, 0.6) is 0 Å². The van der Waals surface area contributed by atoms with E-state index >= 15 is 0 Å². The van der Waals surface area contributed by atoms with Crippen LogP contribution in [-0.4, -0.2) is 64.9 Å². The number of rotatable bonds is 5. The summed E-state index contributed by atoms with van der Waals surface area (Å²) in [5.74, 6) is 0.592. The summed E-state index contributed by atoms with van der Waals surface area (Å²) in [4.78, 5) is 28.3. The molecule has 2 heterocycles. The summed E-state index contributed by atoms with van der Waals surface area (Å²) in [6.45, 7) is 8.36. The van der Waals surface area contributed by atoms with Crippen LogP contribution in [0.15, 0.2) is 42.6 Å². The Hall–Kier alpha value is -2.47. The lowest BCUT2D eigenvalue weighted by molar-refractivity contribution is 0.0684. The minimum Gasteiger partial charge on any atom is -0.338 e. The number of amides is 1. The van der Waals surface area contributed by atoms with Crippen molar-refractivity contribution in [2.24, 2.45) is 0 Å². The highest BCUT2D eigenvalue weighted by Crippen LogP contribution is 2.15. The molecule has 6 nitrogen and oxygen atoms in total. The molecule has 0 atom stereocenters. The first-order chi connectivity index (χ1) is 12.5. The quantitative estimate of drug-likeness (QED) is 0.825. The van der Waals surface area contributed by atoms with Gasteiger partial charge in [0.25, 0.3) is 5.91 Å². The van der Waals surface area contributed by atoms with E-state index in [2.05, 4.69) is 26.8 Å². The van der Waals surface area contributed by atoms with Crippen LogP contribution in [0.3, 0.4) is 0 Å². The van der Waals surface area contributed by atoms with Gasteiger partial charge in [-0.2, -0.15) is 0 Å². The van der Waals surface area contributed by atoms with Gasteiger partial charge in [-0.05, 0) is 32.5 Å². The van der Waals surface area contributed by atoms with E-state index in [1.807, 2.05) is 49.1 Å². The molecule has 1 fully saturated rings. The summed E-state index contributed by atoms with van der Waals surface area (Å²) in [7, 11) is 2.11. The van der Waals surface area contributed by atoms with Crippen molar-refractivity contribution in [3.05, 3.63) is 53.9 Å². The van der Waals surface area contributed by atoms with E-state index < -0.39 is 0 Å². The lowest BCUT2D eigenvalue weighted by Crippen LogP contribution is -2.45. The Labute approximate surface area is 155 Å². The predicted octanol–water partition coefficient (Wildman–Crippen LogP) is 2.28. The van der Waals surface area contributed by atoms with E-state index in [9.17, 15) is 4.79 Å². The normalized spacial score (nSPS) is 15.3. The molecule has 138 valence electrons. The molecule has 6 heteroatoms. The van der Waals surface area contributed by atoms with E-state index in [1.54, 1.807) is 12.3 Å². The summed E-state index contributed by atoms with van der Waals surface area (Å²) < 4.78 is 0. The molecule has 1 amide bonds. The summed E-state index contributed by atoms with van der Waals surface area (Å²) in [6, 6.07) is 11.9. The summed E-state index contributed by atoms with van der Waals surface area (Å²) in [6.07, 6.45) is 1.69. The van der Waals surface area contributed by atoms with Gasteiger partial charge in [-0.25, -0.2) is 9.97 Å². The van der Waals surface area contributed by atoms with Gasteiger partial charge in [0.15, 0.2) is 0 Å². The highest BCUT2D eigenvalue weighted by molar-refractivity contribution is 5.92. The summed E-state index contributed by atoms with van der Waals surface area (Å²) >= 11 is 0. The van der Waals surface area contributed by atoms with Gasteiger partial charge in [0.1, 0.15) is 5.69 Å². The maximum absolute atomic E-state index is 13.1. The average Bonchev–Trinajstić information content (AvgIpc) is 2.67. The fourth-order valence-electron chi connectivity index (χ4n) is 3.04. The minimum absolute atomic E-state index is 0.0540. The number of benzene rings is 1. The third-order valence-corrected chi connectivity index (χ3v) is 4.73. The second kappa shape index (κ2) is 8.27. The van der Waals surface area contributed by atoms with Gasteiger partial charge in [0.05, 0.1) is 0 Å². The summed E-state index contributed by atoms with van der Waals surface area (Å²) in [5.41, 5.74) is 1.57. The lowest BCUT2D eigenvalue weighted by atomic mass is 10.1. The second-order valence-electron chi connectivity index (χ2n) is 7.04. The van der Waals surface area contributed by atoms with Crippen molar-refractivity contribution in [2.75, 3.05) is 38.1 Å². The monoisotopic (exact) mass is 353 g/mol. The molecule has 0 bridgehead atoms. The molecule has 1 saturated heterocycles. The van der Waals surface area contributed by atoms with Gasteiger partial charge in [0, 0.05) is 45.0 Å². The second-order valence-corrected chi connectivity index (χ2v) is 7.04.